The van der Waals surface area contributed by atoms with Crippen LogP contribution >= 0.6 is 11.8 Å². The Morgan fingerprint density at radius 3 is 2.72 bits per heavy atom. The first kappa shape index (κ1) is 18.4. The summed E-state index contributed by atoms with van der Waals surface area (Å²) in [7, 11) is 0. The van der Waals surface area contributed by atoms with Crippen molar-refractivity contribution in [3.8, 4) is 11.4 Å². The van der Waals surface area contributed by atoms with Crippen LogP contribution in [-0.4, -0.2) is 37.4 Å². The monoisotopic (exact) mass is 406 g/mol. The SMILES string of the molecule is O=C(NN=Cc1ccc(Sc2nnnn2-c2ccccc2)o1)c1ccccc1O. The van der Waals surface area contributed by atoms with Crippen molar-refractivity contribution in [2.24, 2.45) is 5.10 Å². The molecule has 1 amide bonds. The highest BCUT2D eigenvalue weighted by Crippen LogP contribution is 2.28. The van der Waals surface area contributed by atoms with Crippen molar-refractivity contribution in [2.45, 2.75) is 10.2 Å². The third kappa shape index (κ3) is 4.33. The van der Waals surface area contributed by atoms with E-state index in [4.69, 9.17) is 4.42 Å². The summed E-state index contributed by atoms with van der Waals surface area (Å²) in [5.41, 5.74) is 3.31. The van der Waals surface area contributed by atoms with Gasteiger partial charge in [0, 0.05) is 0 Å². The molecule has 0 saturated heterocycles. The van der Waals surface area contributed by atoms with Gasteiger partial charge in [-0.25, -0.2) is 5.43 Å². The summed E-state index contributed by atoms with van der Waals surface area (Å²) in [6, 6.07) is 19.2. The maximum Gasteiger partial charge on any atom is 0.275 e. The molecule has 0 aliphatic carbocycles. The van der Waals surface area contributed by atoms with Gasteiger partial charge >= 0.3 is 0 Å². The van der Waals surface area contributed by atoms with Crippen LogP contribution in [0.2, 0.25) is 0 Å². The van der Waals surface area contributed by atoms with Gasteiger partial charge in [0.25, 0.3) is 5.91 Å². The van der Waals surface area contributed by atoms with Gasteiger partial charge in [-0.2, -0.15) is 9.78 Å². The van der Waals surface area contributed by atoms with E-state index in [1.165, 1.54) is 30.1 Å². The van der Waals surface area contributed by atoms with Crippen LogP contribution in [-0.2, 0) is 0 Å². The van der Waals surface area contributed by atoms with Crippen molar-refractivity contribution in [1.29, 1.82) is 0 Å². The maximum atomic E-state index is 12.0. The largest absolute Gasteiger partial charge is 0.507 e. The second-order valence-corrected chi connectivity index (χ2v) is 6.66. The summed E-state index contributed by atoms with van der Waals surface area (Å²) in [5.74, 6) is -0.209. The topological polar surface area (TPSA) is 118 Å². The molecule has 0 aliphatic heterocycles. The first-order valence-electron chi connectivity index (χ1n) is 8.43. The Bertz CT molecular complexity index is 1160. The number of amides is 1. The van der Waals surface area contributed by atoms with E-state index in [0.717, 1.165) is 5.69 Å². The molecule has 2 aromatic heterocycles. The number of hydrogen-bond acceptors (Lipinski definition) is 8. The fourth-order valence-electron chi connectivity index (χ4n) is 2.40. The van der Waals surface area contributed by atoms with Crippen molar-refractivity contribution in [3.05, 3.63) is 78.1 Å². The number of nitrogens with zero attached hydrogens (tertiary/aromatic N) is 5. The van der Waals surface area contributed by atoms with Gasteiger partial charge in [-0.05, 0) is 58.6 Å². The molecule has 0 bridgehead atoms. The van der Waals surface area contributed by atoms with Gasteiger partial charge in [0.05, 0.1) is 17.5 Å². The number of phenolic OH excluding ortho intramolecular Hbond substituents is 1. The van der Waals surface area contributed by atoms with E-state index in [1.807, 2.05) is 30.3 Å². The van der Waals surface area contributed by atoms with Crippen LogP contribution in [0.15, 0.2) is 86.5 Å². The van der Waals surface area contributed by atoms with Crippen LogP contribution in [0.4, 0.5) is 0 Å². The minimum absolute atomic E-state index is 0.118. The summed E-state index contributed by atoms with van der Waals surface area (Å²) in [6.45, 7) is 0. The third-order valence-corrected chi connectivity index (χ3v) is 4.60. The van der Waals surface area contributed by atoms with E-state index in [0.29, 0.717) is 16.0 Å². The number of aromatic hydroxyl groups is 1. The molecule has 0 atom stereocenters. The van der Waals surface area contributed by atoms with Gasteiger partial charge in [0.15, 0.2) is 5.09 Å². The molecular formula is C19H14N6O3S. The zero-order chi connectivity index (χ0) is 20.1. The Kier molecular flexibility index (Phi) is 5.34. The first-order valence-corrected chi connectivity index (χ1v) is 9.25. The number of carbonyl (C=O) groups is 1. The van der Waals surface area contributed by atoms with Gasteiger partial charge in [-0.15, -0.1) is 5.10 Å². The van der Waals surface area contributed by atoms with Crippen LogP contribution in [0.5, 0.6) is 5.75 Å². The van der Waals surface area contributed by atoms with Crippen LogP contribution < -0.4 is 5.43 Å². The molecule has 4 aromatic rings. The number of tetrazole rings is 1. The molecule has 0 saturated carbocycles. The first-order chi connectivity index (χ1) is 14.2. The molecule has 0 fully saturated rings. The lowest BCUT2D eigenvalue weighted by Crippen LogP contribution is -2.17. The molecule has 0 unspecified atom stereocenters. The van der Waals surface area contributed by atoms with E-state index in [-0.39, 0.29) is 11.3 Å². The zero-order valence-corrected chi connectivity index (χ0v) is 15.7. The van der Waals surface area contributed by atoms with E-state index in [1.54, 1.807) is 28.9 Å². The average molecular weight is 406 g/mol. The quantitative estimate of drug-likeness (QED) is 0.373. The lowest BCUT2D eigenvalue weighted by molar-refractivity contribution is 0.0952. The molecule has 144 valence electrons. The fourth-order valence-corrected chi connectivity index (χ4v) is 3.16. The van der Waals surface area contributed by atoms with E-state index in [9.17, 15) is 9.90 Å². The van der Waals surface area contributed by atoms with Crippen LogP contribution in [0.25, 0.3) is 5.69 Å². The second kappa shape index (κ2) is 8.40. The number of para-hydroxylation sites is 2. The number of benzene rings is 2. The number of nitrogens with one attached hydrogen (secondary N) is 1. The van der Waals surface area contributed by atoms with Crippen molar-refractivity contribution >= 4 is 23.9 Å². The van der Waals surface area contributed by atoms with Crippen LogP contribution in [0.1, 0.15) is 16.1 Å². The number of furan rings is 1. The van der Waals surface area contributed by atoms with Gasteiger partial charge < -0.3 is 9.52 Å². The Labute approximate surface area is 169 Å². The summed E-state index contributed by atoms with van der Waals surface area (Å²) in [5, 5.41) is 26.4. The highest BCUT2D eigenvalue weighted by atomic mass is 32.2. The number of hydrazone groups is 1. The van der Waals surface area contributed by atoms with Crippen molar-refractivity contribution in [2.75, 3.05) is 0 Å². The molecule has 9 nitrogen and oxygen atoms in total. The fraction of sp³-hybridized carbons (Fsp3) is 0. The highest BCUT2D eigenvalue weighted by Gasteiger charge is 2.12. The van der Waals surface area contributed by atoms with Crippen LogP contribution in [0.3, 0.4) is 0 Å². The highest BCUT2D eigenvalue weighted by molar-refractivity contribution is 7.99. The number of rotatable bonds is 6. The minimum atomic E-state index is -0.525. The van der Waals surface area contributed by atoms with Crippen molar-refractivity contribution in [3.63, 3.8) is 0 Å². The normalized spacial score (nSPS) is 11.0. The van der Waals surface area contributed by atoms with Gasteiger partial charge in [0.1, 0.15) is 11.5 Å². The minimum Gasteiger partial charge on any atom is -0.507 e. The summed E-state index contributed by atoms with van der Waals surface area (Å²) >= 11 is 1.25. The van der Waals surface area contributed by atoms with Crippen molar-refractivity contribution < 1.29 is 14.3 Å². The van der Waals surface area contributed by atoms with Crippen molar-refractivity contribution in [1.82, 2.24) is 25.6 Å². The van der Waals surface area contributed by atoms with Gasteiger partial charge in [-0.1, -0.05) is 30.3 Å². The maximum absolute atomic E-state index is 12.0. The summed E-state index contributed by atoms with van der Waals surface area (Å²) in [4.78, 5) is 12.0. The second-order valence-electron chi connectivity index (χ2n) is 5.68. The Morgan fingerprint density at radius 1 is 1.10 bits per heavy atom. The van der Waals surface area contributed by atoms with Crippen LogP contribution in [0, 0.1) is 0 Å². The number of aromatic nitrogens is 4. The molecule has 0 aliphatic rings. The lowest BCUT2D eigenvalue weighted by atomic mass is 10.2. The molecule has 0 spiro atoms. The Morgan fingerprint density at radius 2 is 1.90 bits per heavy atom. The molecule has 10 heteroatoms. The van der Waals surface area contributed by atoms with E-state index < -0.39 is 5.91 Å². The Hall–Kier alpha value is -3.92. The molecule has 0 radical (unpaired) electrons. The third-order valence-electron chi connectivity index (χ3n) is 3.74. The lowest BCUT2D eigenvalue weighted by Gasteiger charge is -2.02. The molecule has 29 heavy (non-hydrogen) atoms. The zero-order valence-electron chi connectivity index (χ0n) is 14.8. The number of carbonyl (C=O) groups excluding carboxylic acids is 1. The smallest absolute Gasteiger partial charge is 0.275 e. The van der Waals surface area contributed by atoms with Gasteiger partial charge in [-0.3, -0.25) is 4.79 Å². The van der Waals surface area contributed by atoms with Gasteiger partial charge in [0.2, 0.25) is 5.16 Å². The predicted octanol–water partition coefficient (Wildman–Crippen LogP) is 2.88. The van der Waals surface area contributed by atoms with E-state index >= 15 is 0 Å². The number of hydrogen-bond donors (Lipinski definition) is 2. The molecule has 4 rings (SSSR count). The molecule has 2 heterocycles. The molecule has 2 N–H and O–H groups in total. The predicted molar refractivity (Wildman–Crippen MR) is 105 cm³/mol. The standard InChI is InChI=1S/C19H14N6O3S/c26-16-9-5-4-8-15(16)18(27)21-20-12-14-10-11-17(28-14)29-19-22-23-24-25(19)13-6-2-1-3-7-13/h1-12,26H,(H,21,27). The Balaban J connectivity index is 1.41. The average Bonchev–Trinajstić information content (AvgIpc) is 3.39. The molecule has 2 aromatic carbocycles. The molecular weight excluding hydrogens is 392 g/mol. The number of phenols is 1. The summed E-state index contributed by atoms with van der Waals surface area (Å²) in [6.07, 6.45) is 1.36. The van der Waals surface area contributed by atoms with E-state index in [2.05, 4.69) is 26.1 Å². The summed E-state index contributed by atoms with van der Waals surface area (Å²) < 4.78 is 7.27.